The first-order chi connectivity index (χ1) is 42.1. The van der Waals surface area contributed by atoms with E-state index in [0.29, 0.717) is 104 Å². The maximum Gasteiger partial charge on any atom is 0.344 e. The summed E-state index contributed by atoms with van der Waals surface area (Å²) in [7, 11) is 5.96. The quantitative estimate of drug-likeness (QED) is 0.00968. The van der Waals surface area contributed by atoms with Gasteiger partial charge < -0.3 is 44.6 Å². The fraction of sp³-hybridized carbons (Fsp3) is 0.477. The van der Waals surface area contributed by atoms with E-state index in [1.54, 1.807) is 14.0 Å². The van der Waals surface area contributed by atoms with Crippen molar-refractivity contribution in [2.75, 3.05) is 71.3 Å². The van der Waals surface area contributed by atoms with Crippen LogP contribution in [0.2, 0.25) is 0 Å². The number of likely N-dealkylation sites (N-methyl/N-ethyl adjacent to an activating group) is 1. The van der Waals surface area contributed by atoms with E-state index in [1.807, 2.05) is 61.4 Å². The number of aromatic nitrogens is 1. The largest absolute Gasteiger partial charge is 0.496 e. The van der Waals surface area contributed by atoms with Crippen LogP contribution < -0.4 is 25.7 Å². The Labute approximate surface area is 510 Å². The third-order valence-electron chi connectivity index (χ3n) is 19.3. The Balaban J connectivity index is 1.03. The number of nitrogens with one attached hydrogen (secondary N) is 4. The van der Waals surface area contributed by atoms with Crippen LogP contribution in [-0.4, -0.2) is 157 Å². The van der Waals surface area contributed by atoms with E-state index < -0.39 is 80.4 Å². The predicted octanol–water partition coefficient (Wildman–Crippen LogP) is 6.58. The molecule has 8 atom stereocenters. The first kappa shape index (κ1) is 62.5. The zero-order valence-electron chi connectivity index (χ0n) is 51.2. The van der Waals surface area contributed by atoms with Gasteiger partial charge in [0, 0.05) is 115 Å². The van der Waals surface area contributed by atoms with Crippen molar-refractivity contribution in [2.45, 2.75) is 127 Å². The Bertz CT molecular complexity index is 3650. The molecule has 0 radical (unpaired) electrons. The molecular weight excluding hydrogens is 1130 g/mol. The van der Waals surface area contributed by atoms with Crippen LogP contribution in [0.3, 0.4) is 0 Å². The smallest absolute Gasteiger partial charge is 0.344 e. The maximum atomic E-state index is 15.8. The number of nitro groups is 1. The summed E-state index contributed by atoms with van der Waals surface area (Å²) >= 11 is 0. The molecule has 1 saturated heterocycles. The van der Waals surface area contributed by atoms with Gasteiger partial charge >= 0.3 is 17.9 Å². The number of anilines is 2. The minimum Gasteiger partial charge on any atom is -0.496 e. The molecule has 4 aromatic rings. The number of allylic oxidation sites excluding steroid dienone is 1. The van der Waals surface area contributed by atoms with Gasteiger partial charge in [0.15, 0.2) is 6.10 Å². The molecular formula is C65H77N9O14. The van der Waals surface area contributed by atoms with E-state index in [4.69, 9.17) is 18.9 Å². The lowest BCUT2D eigenvalue weighted by Crippen LogP contribution is -2.81. The molecule has 4 amide bonds. The van der Waals surface area contributed by atoms with Crippen LogP contribution in [0.1, 0.15) is 124 Å². The number of methoxy groups -OCH3 is 3. The van der Waals surface area contributed by atoms with Gasteiger partial charge in [0.2, 0.25) is 11.5 Å². The Morgan fingerprint density at radius 3 is 2.36 bits per heavy atom. The SMILES string of the molecule is CC/C(C)=C/[C@H]1CNCCc2c([nH]c3ccc(/C(C)=N/NC(=O)c4ccc(NC(=O)CCCCCN5C(=O)C=CC5=O)cc4[N+](=O)[O-])cc23)[C@@](C(=O)OC)(c2cc3c(cc2OC)N(C)[C@H]2[C@@](O)(C(=O)OC)[C@H](OC(C)=O)[C@]4(CC)C=CCN5CC[C@]32[C@@H]54)C1. The van der Waals surface area contributed by atoms with Crippen molar-refractivity contribution in [3.63, 3.8) is 0 Å². The van der Waals surface area contributed by atoms with Gasteiger partial charge in [0.1, 0.15) is 16.7 Å². The number of amides is 4. The second kappa shape index (κ2) is 24.6. The van der Waals surface area contributed by atoms with Crippen LogP contribution in [0.4, 0.5) is 17.1 Å². The third-order valence-corrected chi connectivity index (χ3v) is 19.3. The molecule has 88 heavy (non-hydrogen) atoms. The molecule has 1 spiro atoms. The van der Waals surface area contributed by atoms with Crippen molar-refractivity contribution in [3.05, 3.63) is 128 Å². The number of ether oxygens (including phenoxy) is 4. The van der Waals surface area contributed by atoms with E-state index in [9.17, 15) is 44.0 Å². The number of carbonyl (C=O) groups is 7. The second-order valence-electron chi connectivity index (χ2n) is 24.0. The molecule has 5 N–H and O–H groups in total. The van der Waals surface area contributed by atoms with Gasteiger partial charge in [-0.2, -0.15) is 5.10 Å². The molecule has 6 aliphatic rings. The summed E-state index contributed by atoms with van der Waals surface area (Å²) in [6.45, 7) is 11.5. The van der Waals surface area contributed by atoms with Crippen LogP contribution in [0, 0.1) is 21.4 Å². The number of carbonyl (C=O) groups excluding carboxylic acids is 7. The number of esters is 3. The molecule has 5 aliphatic heterocycles. The van der Waals surface area contributed by atoms with E-state index in [2.05, 4.69) is 51.0 Å². The summed E-state index contributed by atoms with van der Waals surface area (Å²) in [6.07, 6.45) is 11.2. The molecule has 10 rings (SSSR count). The van der Waals surface area contributed by atoms with Gasteiger partial charge in [-0.3, -0.25) is 48.7 Å². The molecule has 0 unspecified atom stereocenters. The summed E-state index contributed by atoms with van der Waals surface area (Å²) in [5.41, 5.74) is 1.67. The fourth-order valence-electron chi connectivity index (χ4n) is 15.4. The number of unbranched alkanes of at least 4 members (excludes halogenated alkanes) is 2. The molecule has 1 saturated carbocycles. The van der Waals surface area contributed by atoms with Crippen molar-refractivity contribution in [2.24, 2.45) is 16.4 Å². The molecule has 466 valence electrons. The lowest BCUT2D eigenvalue weighted by Gasteiger charge is -2.63. The highest BCUT2D eigenvalue weighted by Crippen LogP contribution is 2.68. The molecule has 1 aliphatic carbocycles. The molecule has 2 fully saturated rings. The van der Waals surface area contributed by atoms with Crippen LogP contribution in [0.25, 0.3) is 10.9 Å². The van der Waals surface area contributed by atoms with Crippen LogP contribution in [-0.2, 0) is 60.2 Å². The Morgan fingerprint density at radius 2 is 1.68 bits per heavy atom. The van der Waals surface area contributed by atoms with Crippen molar-refractivity contribution < 1.29 is 62.5 Å². The number of H-pyrrole nitrogens is 1. The average molecular weight is 1210 g/mol. The molecule has 23 heteroatoms. The zero-order valence-corrected chi connectivity index (χ0v) is 51.2. The standard InChI is InChI=1S/C65H77N9O14/c1-10-37(3)30-40-35-64(60(80)86-8,47-33-46-50(34-51(47)85-7)71(6)58-63(46)25-29-72-27-15-24-62(11-2,57(63)72)59(88-39(5)75)65(58,82)61(81)87-9)55-43(23-26-66-36-40)45-31-41(17-20-48(45)68-55)38(4)69-70-56(79)44-19-18-42(32-49(44)74(83)84)67-52(76)16-13-12-14-28-73-53(77)21-22-54(73)78/h15,17-22,24,30-34,40,57-59,66,68,82H,10-14,16,23,25-29,35-36H2,1-9H3,(H,67,76)(H,70,79)/b37-30+,69-38+/t40-,57+,58-,59-,62-,63-,64+,65+/m1/s1. The number of aromatic amines is 1. The number of nitro benzene ring substituents is 1. The highest BCUT2D eigenvalue weighted by molar-refractivity contribution is 6.13. The number of nitrogens with zero attached hydrogens (tertiary/aromatic N) is 5. The Kier molecular flexibility index (Phi) is 17.4. The Morgan fingerprint density at radius 1 is 0.932 bits per heavy atom. The fourth-order valence-corrected chi connectivity index (χ4v) is 15.4. The number of aliphatic hydroxyl groups is 1. The van der Waals surface area contributed by atoms with Crippen molar-refractivity contribution in [3.8, 4) is 5.75 Å². The minimum atomic E-state index is -2.40. The zero-order chi connectivity index (χ0) is 63.2. The maximum absolute atomic E-state index is 15.8. The lowest BCUT2D eigenvalue weighted by molar-refractivity contribution is -0.385. The lowest BCUT2D eigenvalue weighted by atomic mass is 9.47. The molecule has 6 heterocycles. The van der Waals surface area contributed by atoms with Gasteiger partial charge in [-0.05, 0) is 125 Å². The predicted molar refractivity (Wildman–Crippen MR) is 327 cm³/mol. The summed E-state index contributed by atoms with van der Waals surface area (Å²) in [4.78, 5) is 115. The number of rotatable bonds is 19. The topological polar surface area (TPSA) is 294 Å². The van der Waals surface area contributed by atoms with Crippen LogP contribution in [0.5, 0.6) is 5.75 Å². The van der Waals surface area contributed by atoms with Crippen LogP contribution >= 0.6 is 0 Å². The summed E-state index contributed by atoms with van der Waals surface area (Å²) in [5.74, 6) is -4.06. The van der Waals surface area contributed by atoms with E-state index >= 15 is 4.79 Å². The summed E-state index contributed by atoms with van der Waals surface area (Å²) in [5, 5.41) is 37.4. The van der Waals surface area contributed by atoms with Gasteiger partial charge in [-0.1, -0.05) is 50.1 Å². The number of fused-ring (bicyclic) bond motifs is 4. The molecule has 3 aromatic carbocycles. The highest BCUT2D eigenvalue weighted by atomic mass is 16.6. The van der Waals surface area contributed by atoms with Gasteiger partial charge in [0.25, 0.3) is 23.4 Å². The van der Waals surface area contributed by atoms with Gasteiger partial charge in [0.05, 0.1) is 38.0 Å². The first-order valence-corrected chi connectivity index (χ1v) is 30.0. The van der Waals surface area contributed by atoms with E-state index in [0.717, 1.165) is 39.5 Å². The third kappa shape index (κ3) is 10.3. The van der Waals surface area contributed by atoms with Crippen LogP contribution in [0.15, 0.2) is 89.6 Å². The summed E-state index contributed by atoms with van der Waals surface area (Å²) < 4.78 is 24.2. The molecule has 1 aromatic heterocycles. The van der Waals surface area contributed by atoms with E-state index in [-0.39, 0.29) is 48.4 Å². The molecule has 0 bridgehead atoms. The van der Waals surface area contributed by atoms with E-state index in [1.165, 1.54) is 45.4 Å². The van der Waals surface area contributed by atoms with Crippen molar-refractivity contribution >= 4 is 75.2 Å². The minimum absolute atomic E-state index is 0.0804. The normalized spacial score (nSPS) is 26.5. The monoisotopic (exact) mass is 1210 g/mol. The number of benzene rings is 3. The van der Waals surface area contributed by atoms with Gasteiger partial charge in [-0.25, -0.2) is 10.2 Å². The second-order valence-corrected chi connectivity index (χ2v) is 24.0. The summed E-state index contributed by atoms with van der Waals surface area (Å²) in [6, 6.07) is 11.8. The highest BCUT2D eigenvalue weighted by Gasteiger charge is 2.80. The number of hydrogen-bond acceptors (Lipinski definition) is 18. The average Bonchev–Trinajstić information content (AvgIpc) is 1.19. The number of imide groups is 1. The van der Waals surface area contributed by atoms with Crippen molar-refractivity contribution in [1.29, 1.82) is 0 Å². The Hall–Kier alpha value is -8.54. The van der Waals surface area contributed by atoms with Gasteiger partial charge in [-0.15, -0.1) is 0 Å². The number of hydrogen-bond donors (Lipinski definition) is 5. The molecule has 23 nitrogen and oxygen atoms in total. The first-order valence-electron chi connectivity index (χ1n) is 30.0. The number of hydrazone groups is 1. The van der Waals surface area contributed by atoms with Crippen molar-refractivity contribution in [1.82, 2.24) is 25.5 Å².